The smallest absolute Gasteiger partial charge is 0.321 e. The monoisotopic (exact) mass is 400 g/mol. The van der Waals surface area contributed by atoms with E-state index in [0.29, 0.717) is 19.4 Å². The van der Waals surface area contributed by atoms with Gasteiger partial charge in [-0.25, -0.2) is 0 Å². The fraction of sp³-hybridized carbons (Fsp3) is 0.545. The van der Waals surface area contributed by atoms with Crippen LogP contribution in [0.4, 0.5) is 0 Å². The van der Waals surface area contributed by atoms with Gasteiger partial charge in [0.15, 0.2) is 0 Å². The molecule has 1 fully saturated rings. The van der Waals surface area contributed by atoms with Crippen LogP contribution in [-0.2, 0) is 20.7 Å². The Labute approximate surface area is 170 Å². The van der Waals surface area contributed by atoms with E-state index < -0.39 is 12.0 Å². The van der Waals surface area contributed by atoms with E-state index in [2.05, 4.69) is 16.8 Å². The summed E-state index contributed by atoms with van der Waals surface area (Å²) < 4.78 is 10.5. The summed E-state index contributed by atoms with van der Waals surface area (Å²) in [4.78, 5) is 29.8. The van der Waals surface area contributed by atoms with E-state index in [1.54, 1.807) is 7.11 Å². The quantitative estimate of drug-likeness (QED) is 0.749. The first-order valence-corrected chi connectivity index (χ1v) is 10.2. The number of aromatic amines is 1. The van der Waals surface area contributed by atoms with Crippen molar-refractivity contribution in [2.75, 3.05) is 20.8 Å². The number of esters is 1. The van der Waals surface area contributed by atoms with Crippen LogP contribution >= 0.6 is 0 Å². The lowest BCUT2D eigenvalue weighted by Crippen LogP contribution is -2.54. The van der Waals surface area contributed by atoms with Crippen LogP contribution in [0.5, 0.6) is 5.75 Å². The number of rotatable bonds is 5. The third kappa shape index (κ3) is 3.27. The lowest BCUT2D eigenvalue weighted by molar-refractivity contribution is -0.149. The van der Waals surface area contributed by atoms with Crippen LogP contribution in [0.2, 0.25) is 0 Å². The third-order valence-electron chi connectivity index (χ3n) is 6.78. The van der Waals surface area contributed by atoms with Crippen LogP contribution in [-0.4, -0.2) is 53.7 Å². The topological polar surface area (TPSA) is 91.9 Å². The number of hydrogen-bond donors (Lipinski definition) is 2. The van der Waals surface area contributed by atoms with Crippen LogP contribution < -0.4 is 4.74 Å². The fourth-order valence-corrected chi connectivity index (χ4v) is 5.31. The summed E-state index contributed by atoms with van der Waals surface area (Å²) >= 11 is 0. The normalized spacial score (nSPS) is 26.6. The first-order chi connectivity index (χ1) is 14.0. The number of nitrogens with one attached hydrogen (secondary N) is 1. The molecule has 0 aliphatic carbocycles. The Morgan fingerprint density at radius 2 is 2.07 bits per heavy atom. The Morgan fingerprint density at radius 1 is 1.28 bits per heavy atom. The number of carbonyl (C=O) groups excluding carboxylic acids is 1. The van der Waals surface area contributed by atoms with E-state index in [9.17, 15) is 14.7 Å². The number of carbonyl (C=O) groups is 2. The maximum atomic E-state index is 12.2. The minimum Gasteiger partial charge on any atom is -0.496 e. The van der Waals surface area contributed by atoms with Crippen molar-refractivity contribution in [3.05, 3.63) is 29.5 Å². The maximum absolute atomic E-state index is 12.2. The Hall–Kier alpha value is -2.54. The molecule has 3 heterocycles. The highest BCUT2D eigenvalue weighted by Crippen LogP contribution is 2.47. The number of hydrogen-bond acceptors (Lipinski definition) is 5. The summed E-state index contributed by atoms with van der Waals surface area (Å²) in [7, 11) is 3.05. The van der Waals surface area contributed by atoms with Crippen LogP contribution in [0.1, 0.15) is 43.5 Å². The number of carboxylic acids is 1. The lowest BCUT2D eigenvalue weighted by Gasteiger charge is -2.48. The SMILES string of the molecule is CC[C@@H]1CN2[C@@H](C(=O)O)Cc3c([nH]c4cccc(OC)c34)[C@@H]2C[C@@H]1CC(=O)OC. The first-order valence-electron chi connectivity index (χ1n) is 10.2. The number of carboxylic acid groups (broad SMARTS) is 1. The molecule has 2 N–H and O–H groups in total. The summed E-state index contributed by atoms with van der Waals surface area (Å²) in [5.74, 6) is 0.193. The highest BCUT2D eigenvalue weighted by Gasteiger charge is 2.46. The average molecular weight is 400 g/mol. The lowest BCUT2D eigenvalue weighted by atomic mass is 9.74. The molecule has 4 rings (SSSR count). The third-order valence-corrected chi connectivity index (χ3v) is 6.78. The van der Waals surface area contributed by atoms with Gasteiger partial charge in [-0.15, -0.1) is 0 Å². The number of piperidine rings is 1. The molecule has 0 radical (unpaired) electrons. The molecule has 1 aromatic heterocycles. The zero-order valence-electron chi connectivity index (χ0n) is 17.1. The molecular weight excluding hydrogens is 372 g/mol. The van der Waals surface area contributed by atoms with Crippen LogP contribution in [0.25, 0.3) is 10.9 Å². The van der Waals surface area contributed by atoms with Gasteiger partial charge in [0.2, 0.25) is 0 Å². The molecular formula is C22H28N2O5. The van der Waals surface area contributed by atoms with E-state index >= 15 is 0 Å². The van der Waals surface area contributed by atoms with Gasteiger partial charge in [-0.2, -0.15) is 0 Å². The van der Waals surface area contributed by atoms with Gasteiger partial charge in [-0.3, -0.25) is 14.5 Å². The molecule has 0 amide bonds. The molecule has 7 heteroatoms. The minimum atomic E-state index is -0.800. The van der Waals surface area contributed by atoms with Crippen molar-refractivity contribution < 1.29 is 24.2 Å². The largest absolute Gasteiger partial charge is 0.496 e. The molecule has 156 valence electrons. The van der Waals surface area contributed by atoms with Gasteiger partial charge in [0.1, 0.15) is 11.8 Å². The predicted octanol–water partition coefficient (Wildman–Crippen LogP) is 3.14. The summed E-state index contributed by atoms with van der Waals surface area (Å²) in [5, 5.41) is 11.0. The number of H-pyrrole nitrogens is 1. The van der Waals surface area contributed by atoms with Gasteiger partial charge in [0, 0.05) is 36.0 Å². The number of benzene rings is 1. The highest BCUT2D eigenvalue weighted by molar-refractivity contribution is 5.92. The first kappa shape index (κ1) is 19.8. The van der Waals surface area contributed by atoms with Gasteiger partial charge in [-0.1, -0.05) is 19.4 Å². The molecule has 7 nitrogen and oxygen atoms in total. The molecule has 0 saturated carbocycles. The second kappa shape index (κ2) is 7.71. The van der Waals surface area contributed by atoms with Crippen molar-refractivity contribution in [2.45, 2.75) is 44.7 Å². The van der Waals surface area contributed by atoms with E-state index in [0.717, 1.165) is 40.8 Å². The number of ether oxygens (including phenoxy) is 2. The van der Waals surface area contributed by atoms with Crippen molar-refractivity contribution in [1.82, 2.24) is 9.88 Å². The molecule has 0 spiro atoms. The number of nitrogens with zero attached hydrogens (tertiary/aromatic N) is 1. The van der Waals surface area contributed by atoms with E-state index in [1.165, 1.54) is 7.11 Å². The molecule has 2 aromatic rings. The number of methoxy groups -OCH3 is 2. The molecule has 1 aromatic carbocycles. The van der Waals surface area contributed by atoms with Crippen LogP contribution in [0, 0.1) is 11.8 Å². The standard InChI is InChI=1S/C22H28N2O5/c1-4-12-11-24-16(8-13(12)9-19(25)29-3)21-14(10-17(24)22(26)27)20-15(23-21)6-5-7-18(20)28-2/h5-7,12-13,16-17,23H,4,8-11H2,1-3H3,(H,26,27)/t12-,13-,16+,17-/m1/s1. The van der Waals surface area contributed by atoms with Gasteiger partial charge in [0.05, 0.1) is 20.3 Å². The van der Waals surface area contributed by atoms with Crippen molar-refractivity contribution in [2.24, 2.45) is 11.8 Å². The van der Waals surface area contributed by atoms with Gasteiger partial charge in [0.25, 0.3) is 0 Å². The summed E-state index contributed by atoms with van der Waals surface area (Å²) in [6.07, 6.45) is 2.46. The number of aliphatic carboxylic acids is 1. The Balaban J connectivity index is 1.80. The molecule has 29 heavy (non-hydrogen) atoms. The molecule has 2 aliphatic heterocycles. The molecule has 2 aliphatic rings. The zero-order valence-corrected chi connectivity index (χ0v) is 17.1. The minimum absolute atomic E-state index is 0.0607. The van der Waals surface area contributed by atoms with E-state index in [4.69, 9.17) is 9.47 Å². The van der Waals surface area contributed by atoms with E-state index in [-0.39, 0.29) is 23.8 Å². The zero-order chi connectivity index (χ0) is 20.7. The molecule has 0 unspecified atom stereocenters. The molecule has 0 bridgehead atoms. The summed E-state index contributed by atoms with van der Waals surface area (Å²) in [5.41, 5.74) is 3.05. The summed E-state index contributed by atoms with van der Waals surface area (Å²) in [6.45, 7) is 2.78. The maximum Gasteiger partial charge on any atom is 0.321 e. The highest BCUT2D eigenvalue weighted by atomic mass is 16.5. The predicted molar refractivity (Wildman–Crippen MR) is 108 cm³/mol. The summed E-state index contributed by atoms with van der Waals surface area (Å²) in [6, 6.07) is 5.20. The van der Waals surface area contributed by atoms with Gasteiger partial charge in [-0.05, 0) is 36.0 Å². The second-order valence-electron chi connectivity index (χ2n) is 8.12. The van der Waals surface area contributed by atoms with Gasteiger partial charge >= 0.3 is 11.9 Å². The van der Waals surface area contributed by atoms with Crippen molar-refractivity contribution in [1.29, 1.82) is 0 Å². The van der Waals surface area contributed by atoms with E-state index in [1.807, 2.05) is 18.2 Å². The Kier molecular flexibility index (Phi) is 5.25. The number of aromatic nitrogens is 1. The van der Waals surface area contributed by atoms with Crippen molar-refractivity contribution >= 4 is 22.8 Å². The Morgan fingerprint density at radius 3 is 2.72 bits per heavy atom. The van der Waals surface area contributed by atoms with Crippen LogP contribution in [0.3, 0.4) is 0 Å². The average Bonchev–Trinajstić information content (AvgIpc) is 3.11. The second-order valence-corrected chi connectivity index (χ2v) is 8.12. The molecule has 4 atom stereocenters. The molecule has 1 saturated heterocycles. The van der Waals surface area contributed by atoms with Crippen molar-refractivity contribution in [3.8, 4) is 5.75 Å². The number of fused-ring (bicyclic) bond motifs is 5. The Bertz CT molecular complexity index is 937. The van der Waals surface area contributed by atoms with Crippen LogP contribution in [0.15, 0.2) is 18.2 Å². The fourth-order valence-electron chi connectivity index (χ4n) is 5.31. The van der Waals surface area contributed by atoms with Gasteiger partial charge < -0.3 is 19.6 Å². The van der Waals surface area contributed by atoms with Crippen molar-refractivity contribution in [3.63, 3.8) is 0 Å².